The third-order valence-corrected chi connectivity index (χ3v) is 5.22. The van der Waals surface area contributed by atoms with Crippen molar-refractivity contribution in [1.29, 1.82) is 0 Å². The van der Waals surface area contributed by atoms with Gasteiger partial charge < -0.3 is 9.84 Å². The van der Waals surface area contributed by atoms with Crippen molar-refractivity contribution in [2.75, 3.05) is 45.7 Å². The molecule has 0 unspecified atom stereocenters. The van der Waals surface area contributed by atoms with Gasteiger partial charge >= 0.3 is 0 Å². The van der Waals surface area contributed by atoms with E-state index >= 15 is 0 Å². The van der Waals surface area contributed by atoms with Crippen LogP contribution in [0.1, 0.15) is 20.8 Å². The maximum absolute atomic E-state index is 11.9. The smallest absolute Gasteiger partial charge is 0.156 e. The molecule has 0 amide bonds. The molecule has 0 aliphatic rings. The summed E-state index contributed by atoms with van der Waals surface area (Å²) in [6.45, 7) is 7.22. The third kappa shape index (κ3) is 6.35. The highest BCUT2D eigenvalue weighted by atomic mass is 32.2. The maximum atomic E-state index is 11.9. The van der Waals surface area contributed by atoms with E-state index in [4.69, 9.17) is 9.84 Å². The fourth-order valence-electron chi connectivity index (χ4n) is 1.25. The SMILES string of the molecule is COCCN(CCO)CCS(=O)(=O)C(C)(C)C. The average molecular weight is 267 g/mol. The molecule has 5 nitrogen and oxygen atoms in total. The van der Waals surface area contributed by atoms with Gasteiger partial charge in [-0.15, -0.1) is 0 Å². The lowest BCUT2D eigenvalue weighted by Gasteiger charge is -2.24. The van der Waals surface area contributed by atoms with Crippen molar-refractivity contribution in [3.63, 3.8) is 0 Å². The lowest BCUT2D eigenvalue weighted by atomic mass is 10.3. The molecular weight excluding hydrogens is 242 g/mol. The minimum absolute atomic E-state index is 0.0271. The minimum Gasteiger partial charge on any atom is -0.395 e. The highest BCUT2D eigenvalue weighted by Gasteiger charge is 2.28. The Bertz CT molecular complexity index is 295. The van der Waals surface area contributed by atoms with E-state index < -0.39 is 14.6 Å². The van der Waals surface area contributed by atoms with Crippen LogP contribution in [0.15, 0.2) is 0 Å². The van der Waals surface area contributed by atoms with Gasteiger partial charge in [0.15, 0.2) is 9.84 Å². The van der Waals surface area contributed by atoms with E-state index in [1.165, 1.54) is 0 Å². The number of hydrogen-bond donors (Lipinski definition) is 1. The molecule has 0 rings (SSSR count). The van der Waals surface area contributed by atoms with Crippen LogP contribution in [0.5, 0.6) is 0 Å². The molecule has 0 aromatic heterocycles. The Morgan fingerprint density at radius 2 is 1.76 bits per heavy atom. The van der Waals surface area contributed by atoms with E-state index in [1.807, 2.05) is 4.90 Å². The van der Waals surface area contributed by atoms with E-state index in [0.29, 0.717) is 26.2 Å². The largest absolute Gasteiger partial charge is 0.395 e. The van der Waals surface area contributed by atoms with Crippen LogP contribution in [0.3, 0.4) is 0 Å². The molecular formula is C11H25NO4S. The molecule has 0 fully saturated rings. The molecule has 0 radical (unpaired) electrons. The second-order valence-electron chi connectivity index (χ2n) is 4.99. The summed E-state index contributed by atoms with van der Waals surface area (Å²) in [5, 5.41) is 8.89. The summed E-state index contributed by atoms with van der Waals surface area (Å²) in [6.07, 6.45) is 0. The highest BCUT2D eigenvalue weighted by molar-refractivity contribution is 7.92. The second kappa shape index (κ2) is 7.31. The van der Waals surface area contributed by atoms with Gasteiger partial charge in [0.05, 0.1) is 23.7 Å². The first-order valence-electron chi connectivity index (χ1n) is 5.79. The Morgan fingerprint density at radius 1 is 1.18 bits per heavy atom. The van der Waals surface area contributed by atoms with Crippen LogP contribution in [0.2, 0.25) is 0 Å². The Kier molecular flexibility index (Phi) is 7.23. The summed E-state index contributed by atoms with van der Waals surface area (Å²) in [4.78, 5) is 1.90. The summed E-state index contributed by atoms with van der Waals surface area (Å²) in [5.41, 5.74) is 0. The fraction of sp³-hybridized carbons (Fsp3) is 1.00. The van der Waals surface area contributed by atoms with Crippen LogP contribution in [0.4, 0.5) is 0 Å². The molecule has 0 aliphatic heterocycles. The fourth-order valence-corrected chi connectivity index (χ4v) is 2.36. The summed E-state index contributed by atoms with van der Waals surface area (Å²) < 4.78 is 28.1. The van der Waals surface area contributed by atoms with Crippen LogP contribution in [0, 0.1) is 0 Å². The molecule has 0 aromatic carbocycles. The number of methoxy groups -OCH3 is 1. The van der Waals surface area contributed by atoms with E-state index in [2.05, 4.69) is 0 Å². The minimum atomic E-state index is -3.10. The van der Waals surface area contributed by atoms with E-state index in [9.17, 15) is 8.42 Å². The zero-order valence-corrected chi connectivity index (χ0v) is 12.1. The van der Waals surface area contributed by atoms with Gasteiger partial charge in [-0.25, -0.2) is 8.42 Å². The van der Waals surface area contributed by atoms with Crippen molar-refractivity contribution in [2.45, 2.75) is 25.5 Å². The van der Waals surface area contributed by atoms with Gasteiger partial charge in [0.25, 0.3) is 0 Å². The predicted octanol–water partition coefficient (Wildman–Crippen LogP) is 0.140. The molecule has 0 spiro atoms. The van der Waals surface area contributed by atoms with Crippen LogP contribution < -0.4 is 0 Å². The quantitative estimate of drug-likeness (QED) is 0.677. The molecule has 17 heavy (non-hydrogen) atoms. The molecule has 0 saturated carbocycles. The predicted molar refractivity (Wildman–Crippen MR) is 68.9 cm³/mol. The van der Waals surface area contributed by atoms with Gasteiger partial charge in [-0.05, 0) is 20.8 Å². The molecule has 0 saturated heterocycles. The van der Waals surface area contributed by atoms with E-state index in [1.54, 1.807) is 27.9 Å². The zero-order chi connectivity index (χ0) is 13.5. The van der Waals surface area contributed by atoms with Crippen molar-refractivity contribution in [2.24, 2.45) is 0 Å². The second-order valence-corrected chi connectivity index (χ2v) is 7.85. The molecule has 6 heteroatoms. The number of sulfone groups is 1. The van der Waals surface area contributed by atoms with Crippen LogP contribution in [-0.4, -0.2) is 68.9 Å². The van der Waals surface area contributed by atoms with Crippen molar-refractivity contribution in [3.05, 3.63) is 0 Å². The first kappa shape index (κ1) is 16.8. The Hall–Kier alpha value is -0.170. The molecule has 0 heterocycles. The lowest BCUT2D eigenvalue weighted by Crippen LogP contribution is -2.38. The lowest BCUT2D eigenvalue weighted by molar-refractivity contribution is 0.135. The van der Waals surface area contributed by atoms with Gasteiger partial charge in [-0.2, -0.15) is 0 Å². The highest BCUT2D eigenvalue weighted by Crippen LogP contribution is 2.15. The number of nitrogens with zero attached hydrogens (tertiary/aromatic N) is 1. The van der Waals surface area contributed by atoms with Crippen molar-refractivity contribution in [1.82, 2.24) is 4.90 Å². The first-order chi connectivity index (χ1) is 7.74. The Labute approximate surface area is 105 Å². The van der Waals surface area contributed by atoms with Crippen molar-refractivity contribution < 1.29 is 18.3 Å². The molecule has 0 bridgehead atoms. The molecule has 0 aromatic rings. The monoisotopic (exact) mass is 267 g/mol. The van der Waals surface area contributed by atoms with E-state index in [0.717, 1.165) is 0 Å². The zero-order valence-electron chi connectivity index (χ0n) is 11.3. The number of rotatable bonds is 8. The molecule has 104 valence electrons. The van der Waals surface area contributed by atoms with Gasteiger partial charge in [-0.1, -0.05) is 0 Å². The Morgan fingerprint density at radius 3 is 2.18 bits per heavy atom. The Balaban J connectivity index is 4.30. The van der Waals surface area contributed by atoms with Crippen LogP contribution in [-0.2, 0) is 14.6 Å². The number of hydrogen-bond acceptors (Lipinski definition) is 5. The van der Waals surface area contributed by atoms with Gasteiger partial charge in [0, 0.05) is 26.7 Å². The topological polar surface area (TPSA) is 66.8 Å². The average Bonchev–Trinajstić information content (AvgIpc) is 2.20. The van der Waals surface area contributed by atoms with Crippen LogP contribution in [0.25, 0.3) is 0 Å². The standard InChI is InChI=1S/C11H25NO4S/c1-11(2,3)17(14,15)10-7-12(5-8-13)6-9-16-4/h13H,5-10H2,1-4H3. The van der Waals surface area contributed by atoms with E-state index in [-0.39, 0.29) is 12.4 Å². The summed E-state index contributed by atoms with van der Waals surface area (Å²) in [7, 11) is -1.50. The number of aliphatic hydroxyl groups excluding tert-OH is 1. The van der Waals surface area contributed by atoms with Gasteiger partial charge in [-0.3, -0.25) is 4.90 Å². The van der Waals surface area contributed by atoms with Crippen LogP contribution >= 0.6 is 0 Å². The summed E-state index contributed by atoms with van der Waals surface area (Å²) in [6, 6.07) is 0. The molecule has 1 N–H and O–H groups in total. The summed E-state index contributed by atoms with van der Waals surface area (Å²) in [5.74, 6) is 0.111. The van der Waals surface area contributed by atoms with Gasteiger partial charge in [0.2, 0.25) is 0 Å². The molecule has 0 aliphatic carbocycles. The number of ether oxygens (including phenoxy) is 1. The molecule has 0 atom stereocenters. The van der Waals surface area contributed by atoms with Crippen molar-refractivity contribution >= 4 is 9.84 Å². The normalized spacial score (nSPS) is 13.3. The van der Waals surface area contributed by atoms with Gasteiger partial charge in [0.1, 0.15) is 0 Å². The summed E-state index contributed by atoms with van der Waals surface area (Å²) >= 11 is 0. The number of aliphatic hydroxyl groups is 1. The first-order valence-corrected chi connectivity index (χ1v) is 7.44. The third-order valence-electron chi connectivity index (χ3n) is 2.64. The van der Waals surface area contributed by atoms with Crippen molar-refractivity contribution in [3.8, 4) is 0 Å². The maximum Gasteiger partial charge on any atom is 0.156 e.